The number of non-ortho nitro benzene ring substituents is 1. The molecule has 1 aromatic heterocycles. The summed E-state index contributed by atoms with van der Waals surface area (Å²) >= 11 is 0. The van der Waals surface area contributed by atoms with Gasteiger partial charge >= 0.3 is 0 Å². The standard InChI is InChI=1S/C26H33N5O5S/c1-17(2)29(37(35,36)21-13-11-20(12-14-21)31(33)34)16-25(32)27-24-15-23(26(5,6)7)28-30(24)22-10-8-9-18(3)19(22)4/h8-15,17H,16H2,1-7H3,(H,27,32). The zero-order chi connectivity index (χ0) is 27.7. The monoisotopic (exact) mass is 527 g/mol. The second kappa shape index (κ2) is 10.4. The van der Waals surface area contributed by atoms with E-state index in [0.717, 1.165) is 38.9 Å². The molecule has 1 amide bonds. The Bertz CT molecular complexity index is 1420. The molecule has 0 atom stereocenters. The van der Waals surface area contributed by atoms with Crippen molar-refractivity contribution in [1.29, 1.82) is 0 Å². The molecule has 1 heterocycles. The van der Waals surface area contributed by atoms with Gasteiger partial charge in [0.05, 0.1) is 27.7 Å². The number of aryl methyl sites for hydroxylation is 1. The number of rotatable bonds is 8. The molecule has 0 bridgehead atoms. The van der Waals surface area contributed by atoms with Gasteiger partial charge in [-0.2, -0.15) is 9.40 Å². The summed E-state index contributed by atoms with van der Waals surface area (Å²) in [4.78, 5) is 23.4. The van der Waals surface area contributed by atoms with Gasteiger partial charge in [-0.25, -0.2) is 13.1 Å². The van der Waals surface area contributed by atoms with Crippen LogP contribution in [0.3, 0.4) is 0 Å². The highest BCUT2D eigenvalue weighted by atomic mass is 32.2. The number of benzene rings is 2. The number of nitrogens with one attached hydrogen (secondary N) is 1. The first-order valence-electron chi connectivity index (χ1n) is 11.9. The minimum absolute atomic E-state index is 0.130. The molecule has 0 saturated carbocycles. The Morgan fingerprint density at radius 1 is 1.14 bits per heavy atom. The largest absolute Gasteiger partial charge is 0.309 e. The predicted octanol–water partition coefficient (Wildman–Crippen LogP) is 4.73. The molecule has 0 unspecified atom stereocenters. The van der Waals surface area contributed by atoms with Crippen molar-refractivity contribution in [3.05, 3.63) is 75.5 Å². The molecule has 0 saturated heterocycles. The number of nitro benzene ring substituents is 1. The lowest BCUT2D eigenvalue weighted by Crippen LogP contribution is -2.42. The van der Waals surface area contributed by atoms with E-state index in [1.54, 1.807) is 24.6 Å². The fourth-order valence-corrected chi connectivity index (χ4v) is 5.32. The highest BCUT2D eigenvalue weighted by Crippen LogP contribution is 2.28. The summed E-state index contributed by atoms with van der Waals surface area (Å²) in [6.07, 6.45) is 0. The van der Waals surface area contributed by atoms with Crippen LogP contribution in [0.15, 0.2) is 53.4 Å². The highest BCUT2D eigenvalue weighted by molar-refractivity contribution is 7.89. The summed E-state index contributed by atoms with van der Waals surface area (Å²) in [5.74, 6) is -0.105. The van der Waals surface area contributed by atoms with Gasteiger partial charge in [0.25, 0.3) is 5.69 Å². The van der Waals surface area contributed by atoms with Crippen molar-refractivity contribution < 1.29 is 18.1 Å². The quantitative estimate of drug-likeness (QED) is 0.333. The number of nitrogens with zero attached hydrogens (tertiary/aromatic N) is 4. The molecule has 0 aliphatic rings. The van der Waals surface area contributed by atoms with Gasteiger partial charge in [-0.3, -0.25) is 14.9 Å². The van der Waals surface area contributed by atoms with Gasteiger partial charge in [0.15, 0.2) is 0 Å². The lowest BCUT2D eigenvalue weighted by Gasteiger charge is -2.25. The minimum atomic E-state index is -4.10. The Kier molecular flexibility index (Phi) is 7.89. The maximum atomic E-state index is 13.3. The van der Waals surface area contributed by atoms with Crippen LogP contribution in [-0.4, -0.2) is 45.9 Å². The third kappa shape index (κ3) is 6.05. The molecule has 2 aromatic carbocycles. The van der Waals surface area contributed by atoms with Crippen LogP contribution in [0, 0.1) is 24.0 Å². The first-order valence-corrected chi connectivity index (χ1v) is 13.3. The molecule has 0 aliphatic heterocycles. The molecular weight excluding hydrogens is 494 g/mol. The van der Waals surface area contributed by atoms with Crippen LogP contribution < -0.4 is 5.32 Å². The average molecular weight is 528 g/mol. The Morgan fingerprint density at radius 3 is 2.30 bits per heavy atom. The lowest BCUT2D eigenvalue weighted by atomic mass is 9.92. The maximum absolute atomic E-state index is 13.3. The molecule has 0 aliphatic carbocycles. The van der Waals surface area contributed by atoms with E-state index in [2.05, 4.69) is 5.32 Å². The summed E-state index contributed by atoms with van der Waals surface area (Å²) in [6.45, 7) is 12.9. The maximum Gasteiger partial charge on any atom is 0.269 e. The van der Waals surface area contributed by atoms with Crippen molar-refractivity contribution in [3.63, 3.8) is 0 Å². The van der Waals surface area contributed by atoms with E-state index in [0.29, 0.717) is 5.82 Å². The van der Waals surface area contributed by atoms with Crippen LogP contribution in [-0.2, 0) is 20.2 Å². The molecule has 0 spiro atoms. The summed E-state index contributed by atoms with van der Waals surface area (Å²) in [7, 11) is -4.10. The van der Waals surface area contributed by atoms with Gasteiger partial charge in [-0.15, -0.1) is 0 Å². The summed E-state index contributed by atoms with van der Waals surface area (Å²) < 4.78 is 29.3. The second-order valence-corrected chi connectivity index (χ2v) is 12.1. The van der Waals surface area contributed by atoms with Crippen LogP contribution in [0.25, 0.3) is 5.69 Å². The number of sulfonamides is 1. The fourth-order valence-electron chi connectivity index (χ4n) is 3.73. The van der Waals surface area contributed by atoms with Crippen LogP contribution in [0.2, 0.25) is 0 Å². The van der Waals surface area contributed by atoms with Gasteiger partial charge in [-0.1, -0.05) is 32.9 Å². The number of hydrogen-bond acceptors (Lipinski definition) is 6. The van der Waals surface area contributed by atoms with E-state index in [9.17, 15) is 23.3 Å². The van der Waals surface area contributed by atoms with E-state index in [1.165, 1.54) is 12.1 Å². The van der Waals surface area contributed by atoms with E-state index in [4.69, 9.17) is 5.10 Å². The van der Waals surface area contributed by atoms with Gasteiger partial charge in [0.1, 0.15) is 5.82 Å². The van der Waals surface area contributed by atoms with E-state index in [-0.39, 0.29) is 16.0 Å². The summed E-state index contributed by atoms with van der Waals surface area (Å²) in [6, 6.07) is 11.7. The number of anilines is 1. The Labute approximate surface area is 217 Å². The number of aromatic nitrogens is 2. The van der Waals surface area contributed by atoms with E-state index < -0.39 is 33.4 Å². The smallest absolute Gasteiger partial charge is 0.269 e. The number of amides is 1. The topological polar surface area (TPSA) is 127 Å². The second-order valence-electron chi connectivity index (χ2n) is 10.2. The summed E-state index contributed by atoms with van der Waals surface area (Å²) in [5, 5.41) is 18.5. The normalized spacial score (nSPS) is 12.2. The molecule has 0 fully saturated rings. The average Bonchev–Trinajstić information content (AvgIpc) is 3.23. The van der Waals surface area contributed by atoms with Crippen molar-refractivity contribution in [2.75, 3.05) is 11.9 Å². The van der Waals surface area contributed by atoms with Gasteiger partial charge in [-0.05, 0) is 57.0 Å². The zero-order valence-electron chi connectivity index (χ0n) is 22.1. The third-order valence-electron chi connectivity index (χ3n) is 6.08. The van der Waals surface area contributed by atoms with Crippen molar-refractivity contribution in [3.8, 4) is 5.69 Å². The van der Waals surface area contributed by atoms with Crippen molar-refractivity contribution >= 4 is 27.4 Å². The first kappa shape index (κ1) is 28.0. The Balaban J connectivity index is 1.94. The van der Waals surface area contributed by atoms with Crippen LogP contribution in [0.5, 0.6) is 0 Å². The Hall–Kier alpha value is -3.57. The number of nitro groups is 1. The molecular formula is C26H33N5O5S. The van der Waals surface area contributed by atoms with E-state index >= 15 is 0 Å². The predicted molar refractivity (Wildman–Crippen MR) is 142 cm³/mol. The molecule has 0 radical (unpaired) electrons. The molecule has 10 nitrogen and oxygen atoms in total. The van der Waals surface area contributed by atoms with Gasteiger partial charge < -0.3 is 5.32 Å². The first-order chi connectivity index (χ1) is 17.1. The molecule has 3 aromatic rings. The van der Waals surface area contributed by atoms with Crippen molar-refractivity contribution in [2.24, 2.45) is 0 Å². The van der Waals surface area contributed by atoms with E-state index in [1.807, 2.05) is 52.8 Å². The minimum Gasteiger partial charge on any atom is -0.309 e. The molecule has 198 valence electrons. The van der Waals surface area contributed by atoms with Crippen molar-refractivity contribution in [1.82, 2.24) is 14.1 Å². The number of hydrogen-bond donors (Lipinski definition) is 1. The third-order valence-corrected chi connectivity index (χ3v) is 8.12. The Morgan fingerprint density at radius 2 is 1.76 bits per heavy atom. The fraction of sp³-hybridized carbons (Fsp3) is 0.385. The van der Waals surface area contributed by atoms with Crippen molar-refractivity contribution in [2.45, 2.75) is 64.8 Å². The highest BCUT2D eigenvalue weighted by Gasteiger charge is 2.30. The SMILES string of the molecule is Cc1cccc(-n2nc(C(C)(C)C)cc2NC(=O)CN(C(C)C)S(=O)(=O)c2ccc([N+](=O)[O-])cc2)c1C. The van der Waals surface area contributed by atoms with Crippen LogP contribution >= 0.6 is 0 Å². The molecule has 11 heteroatoms. The molecule has 3 rings (SSSR count). The van der Waals surface area contributed by atoms with Gasteiger partial charge in [0, 0.05) is 29.7 Å². The van der Waals surface area contributed by atoms with Gasteiger partial charge in [0.2, 0.25) is 15.9 Å². The zero-order valence-corrected chi connectivity index (χ0v) is 23.0. The molecule has 37 heavy (non-hydrogen) atoms. The van der Waals surface area contributed by atoms with Crippen LogP contribution in [0.4, 0.5) is 11.5 Å². The number of carbonyl (C=O) groups excluding carboxylic acids is 1. The van der Waals surface area contributed by atoms with Crippen LogP contribution in [0.1, 0.15) is 51.4 Å². The summed E-state index contributed by atoms with van der Waals surface area (Å²) in [5.41, 5.74) is 3.15. The lowest BCUT2D eigenvalue weighted by molar-refractivity contribution is -0.384. The number of carbonyl (C=O) groups is 1. The molecule has 1 N–H and O–H groups in total.